The molecule has 3 heteroatoms. The predicted molar refractivity (Wildman–Crippen MR) is 45.4 cm³/mol. The van der Waals surface area contributed by atoms with Crippen LogP contribution in [0.25, 0.3) is 0 Å². The van der Waals surface area contributed by atoms with E-state index in [0.717, 1.165) is 25.0 Å². The Hall–Kier alpha value is -0.360. The van der Waals surface area contributed by atoms with Gasteiger partial charge in [0.05, 0.1) is 11.5 Å². The molecule has 1 aliphatic heterocycles. The average Bonchev–Trinajstić information content (AvgIpc) is 2.15. The van der Waals surface area contributed by atoms with Crippen LogP contribution >= 0.6 is 0 Å². The Morgan fingerprint density at radius 3 is 2.82 bits per heavy atom. The van der Waals surface area contributed by atoms with Gasteiger partial charge in [0.2, 0.25) is 0 Å². The second-order valence-electron chi connectivity index (χ2n) is 3.37. The summed E-state index contributed by atoms with van der Waals surface area (Å²) in [6, 6.07) is 2.31. The average molecular weight is 171 g/mol. The van der Waals surface area contributed by atoms with E-state index >= 15 is 0 Å². The van der Waals surface area contributed by atoms with Crippen molar-refractivity contribution in [3.8, 4) is 6.07 Å². The van der Waals surface area contributed by atoms with Gasteiger partial charge in [-0.25, -0.2) is 0 Å². The van der Waals surface area contributed by atoms with Crippen molar-refractivity contribution in [1.29, 1.82) is 5.26 Å². The molecule has 0 aromatic carbocycles. The standard InChI is InChI=1S/C8H13NOS/c1-8(7-9)3-2-5-11(10)6-4-8/h2-6H2,1H3. The van der Waals surface area contributed by atoms with Gasteiger partial charge in [-0.15, -0.1) is 0 Å². The van der Waals surface area contributed by atoms with Gasteiger partial charge >= 0.3 is 0 Å². The molecule has 11 heavy (non-hydrogen) atoms. The molecule has 1 rings (SSSR count). The minimum absolute atomic E-state index is 0.202. The quantitative estimate of drug-likeness (QED) is 0.553. The summed E-state index contributed by atoms with van der Waals surface area (Å²) in [6.07, 6.45) is 2.65. The van der Waals surface area contributed by atoms with E-state index < -0.39 is 10.8 Å². The number of nitriles is 1. The summed E-state index contributed by atoms with van der Waals surface area (Å²) in [4.78, 5) is 0. The molecule has 1 aliphatic rings. The maximum atomic E-state index is 11.1. The Morgan fingerprint density at radius 1 is 1.45 bits per heavy atom. The number of nitrogens with zero attached hydrogens (tertiary/aromatic N) is 1. The minimum atomic E-state index is -0.657. The third kappa shape index (κ3) is 2.30. The predicted octanol–water partition coefficient (Wildman–Crippen LogP) is 1.45. The molecular weight excluding hydrogens is 158 g/mol. The third-order valence-electron chi connectivity index (χ3n) is 2.25. The first-order valence-corrected chi connectivity index (χ1v) is 5.41. The lowest BCUT2D eigenvalue weighted by atomic mass is 9.85. The van der Waals surface area contributed by atoms with Gasteiger partial charge in [-0.2, -0.15) is 5.26 Å². The summed E-state index contributed by atoms with van der Waals surface area (Å²) in [5, 5.41) is 8.81. The molecule has 2 atom stereocenters. The Bertz CT molecular complexity index is 209. The van der Waals surface area contributed by atoms with Crippen molar-refractivity contribution in [3.63, 3.8) is 0 Å². The van der Waals surface area contributed by atoms with E-state index in [0.29, 0.717) is 5.75 Å². The van der Waals surface area contributed by atoms with E-state index in [1.54, 1.807) is 0 Å². The van der Waals surface area contributed by atoms with Crippen molar-refractivity contribution in [1.82, 2.24) is 0 Å². The topological polar surface area (TPSA) is 40.9 Å². The van der Waals surface area contributed by atoms with E-state index in [9.17, 15) is 4.21 Å². The van der Waals surface area contributed by atoms with Crippen LogP contribution in [-0.2, 0) is 10.8 Å². The normalized spacial score (nSPS) is 39.1. The molecule has 0 spiro atoms. The Balaban J connectivity index is 2.61. The molecule has 0 N–H and O–H groups in total. The molecule has 0 radical (unpaired) electrons. The van der Waals surface area contributed by atoms with Crippen LogP contribution in [0.5, 0.6) is 0 Å². The van der Waals surface area contributed by atoms with Crippen LogP contribution in [0.3, 0.4) is 0 Å². The second-order valence-corrected chi connectivity index (χ2v) is 5.07. The summed E-state index contributed by atoms with van der Waals surface area (Å²) in [5.74, 6) is 1.50. The van der Waals surface area contributed by atoms with Crippen LogP contribution in [0.15, 0.2) is 0 Å². The van der Waals surface area contributed by atoms with E-state index in [4.69, 9.17) is 5.26 Å². The maximum Gasteiger partial charge on any atom is 0.0687 e. The van der Waals surface area contributed by atoms with Crippen LogP contribution in [0.1, 0.15) is 26.2 Å². The molecule has 2 unspecified atom stereocenters. The number of hydrogen-bond donors (Lipinski definition) is 0. The summed E-state index contributed by atoms with van der Waals surface area (Å²) < 4.78 is 11.1. The van der Waals surface area contributed by atoms with Crippen LogP contribution < -0.4 is 0 Å². The fourth-order valence-electron chi connectivity index (χ4n) is 1.30. The van der Waals surface area contributed by atoms with Crippen molar-refractivity contribution in [2.75, 3.05) is 11.5 Å². The lowest BCUT2D eigenvalue weighted by Crippen LogP contribution is -2.13. The lowest BCUT2D eigenvalue weighted by molar-refractivity contribution is 0.396. The smallest absolute Gasteiger partial charge is 0.0687 e. The molecular formula is C8H13NOS. The van der Waals surface area contributed by atoms with Gasteiger partial charge in [0.25, 0.3) is 0 Å². The molecule has 2 nitrogen and oxygen atoms in total. The molecule has 0 bridgehead atoms. The highest BCUT2D eigenvalue weighted by Crippen LogP contribution is 2.29. The zero-order valence-electron chi connectivity index (χ0n) is 6.80. The summed E-state index contributed by atoms with van der Waals surface area (Å²) in [7, 11) is -0.657. The van der Waals surface area contributed by atoms with E-state index in [1.165, 1.54) is 0 Å². The highest BCUT2D eigenvalue weighted by Gasteiger charge is 2.26. The van der Waals surface area contributed by atoms with Gasteiger partial charge in [0.15, 0.2) is 0 Å². The highest BCUT2D eigenvalue weighted by atomic mass is 32.2. The lowest BCUT2D eigenvalue weighted by Gasteiger charge is -2.16. The molecule has 0 aromatic rings. The summed E-state index contributed by atoms with van der Waals surface area (Å²) in [6.45, 7) is 1.97. The molecule has 1 fully saturated rings. The second kappa shape index (κ2) is 3.36. The molecule has 1 heterocycles. The SMILES string of the molecule is CC1(C#N)CCCS(=O)CC1. The monoisotopic (exact) mass is 171 g/mol. The first-order valence-electron chi connectivity index (χ1n) is 3.92. The van der Waals surface area contributed by atoms with Crippen LogP contribution in [0.2, 0.25) is 0 Å². The first kappa shape index (κ1) is 8.73. The third-order valence-corrected chi connectivity index (χ3v) is 3.66. The fourth-order valence-corrected chi connectivity index (χ4v) is 2.65. The van der Waals surface area contributed by atoms with Crippen molar-refractivity contribution in [2.45, 2.75) is 26.2 Å². The number of rotatable bonds is 0. The minimum Gasteiger partial charge on any atom is -0.260 e. The molecule has 0 saturated carbocycles. The van der Waals surface area contributed by atoms with E-state index in [2.05, 4.69) is 6.07 Å². The molecule has 0 amide bonds. The zero-order chi connectivity index (χ0) is 8.32. The molecule has 0 aliphatic carbocycles. The van der Waals surface area contributed by atoms with Crippen LogP contribution in [0.4, 0.5) is 0 Å². The molecule has 0 aromatic heterocycles. The maximum absolute atomic E-state index is 11.1. The van der Waals surface area contributed by atoms with E-state index in [1.807, 2.05) is 6.92 Å². The first-order chi connectivity index (χ1) is 5.16. The van der Waals surface area contributed by atoms with Crippen LogP contribution in [0, 0.1) is 16.7 Å². The van der Waals surface area contributed by atoms with Crippen molar-refractivity contribution >= 4 is 10.8 Å². The highest BCUT2D eigenvalue weighted by molar-refractivity contribution is 7.84. The Kier molecular flexibility index (Phi) is 2.67. The van der Waals surface area contributed by atoms with Gasteiger partial charge in [-0.1, -0.05) is 0 Å². The fraction of sp³-hybridized carbons (Fsp3) is 0.875. The van der Waals surface area contributed by atoms with Crippen molar-refractivity contribution in [3.05, 3.63) is 0 Å². The van der Waals surface area contributed by atoms with Gasteiger partial charge < -0.3 is 0 Å². The van der Waals surface area contributed by atoms with Crippen molar-refractivity contribution in [2.24, 2.45) is 5.41 Å². The summed E-state index contributed by atoms with van der Waals surface area (Å²) >= 11 is 0. The largest absolute Gasteiger partial charge is 0.260 e. The molecule has 62 valence electrons. The van der Waals surface area contributed by atoms with E-state index in [-0.39, 0.29) is 5.41 Å². The Morgan fingerprint density at radius 2 is 2.18 bits per heavy atom. The van der Waals surface area contributed by atoms with Crippen molar-refractivity contribution < 1.29 is 4.21 Å². The summed E-state index contributed by atoms with van der Waals surface area (Å²) in [5.41, 5.74) is -0.202. The zero-order valence-corrected chi connectivity index (χ0v) is 7.62. The van der Waals surface area contributed by atoms with Gasteiger partial charge in [0.1, 0.15) is 0 Å². The Labute approximate surface area is 70.1 Å². The van der Waals surface area contributed by atoms with Crippen LogP contribution in [-0.4, -0.2) is 15.7 Å². The number of hydrogen-bond acceptors (Lipinski definition) is 2. The van der Waals surface area contributed by atoms with Gasteiger partial charge in [-0.3, -0.25) is 4.21 Å². The molecule has 1 saturated heterocycles. The van der Waals surface area contributed by atoms with Gasteiger partial charge in [-0.05, 0) is 26.2 Å². The van der Waals surface area contributed by atoms with Gasteiger partial charge in [0, 0.05) is 22.3 Å².